The molecule has 108 valence electrons. The molecular weight excluding hydrogens is 254 g/mol. The standard InChI is InChI=1S/C15H21N3O2/c1-10-5-6-12(11(7-10)8-16-4)18-9-13(19)17-14(20)15(18,2)3/h5-7,16H,8-9H2,1-4H3,(H,17,19,20). The highest BCUT2D eigenvalue weighted by molar-refractivity contribution is 6.06. The molecular formula is C15H21N3O2. The molecule has 1 saturated heterocycles. The molecule has 0 bridgehead atoms. The molecule has 1 aliphatic heterocycles. The van der Waals surface area contributed by atoms with Crippen molar-refractivity contribution in [1.82, 2.24) is 10.6 Å². The zero-order chi connectivity index (χ0) is 14.9. The topological polar surface area (TPSA) is 61.4 Å². The Balaban J connectivity index is 2.48. The van der Waals surface area contributed by atoms with E-state index in [0.717, 1.165) is 16.8 Å². The molecule has 2 N–H and O–H groups in total. The molecule has 1 fully saturated rings. The number of benzene rings is 1. The Labute approximate surface area is 119 Å². The van der Waals surface area contributed by atoms with Crippen molar-refractivity contribution in [2.24, 2.45) is 0 Å². The van der Waals surface area contributed by atoms with E-state index in [4.69, 9.17) is 0 Å². The van der Waals surface area contributed by atoms with E-state index in [-0.39, 0.29) is 18.4 Å². The van der Waals surface area contributed by atoms with E-state index in [1.807, 2.05) is 44.9 Å². The molecule has 1 heterocycles. The van der Waals surface area contributed by atoms with Gasteiger partial charge in [0.1, 0.15) is 5.54 Å². The summed E-state index contributed by atoms with van der Waals surface area (Å²) in [6.45, 7) is 6.58. The summed E-state index contributed by atoms with van der Waals surface area (Å²) in [5.74, 6) is -0.518. The summed E-state index contributed by atoms with van der Waals surface area (Å²) >= 11 is 0. The Morgan fingerprint density at radius 1 is 1.35 bits per heavy atom. The van der Waals surface area contributed by atoms with E-state index in [9.17, 15) is 9.59 Å². The van der Waals surface area contributed by atoms with E-state index < -0.39 is 5.54 Å². The van der Waals surface area contributed by atoms with E-state index in [2.05, 4.69) is 16.7 Å². The second-order valence-corrected chi connectivity index (χ2v) is 5.68. The van der Waals surface area contributed by atoms with Crippen molar-refractivity contribution in [2.45, 2.75) is 32.9 Å². The molecule has 5 nitrogen and oxygen atoms in total. The van der Waals surface area contributed by atoms with Gasteiger partial charge in [-0.2, -0.15) is 0 Å². The van der Waals surface area contributed by atoms with Crippen LogP contribution in [-0.4, -0.2) is 30.9 Å². The molecule has 0 aliphatic carbocycles. The van der Waals surface area contributed by atoms with E-state index in [1.54, 1.807) is 0 Å². The molecule has 0 spiro atoms. The number of carbonyl (C=O) groups is 2. The maximum absolute atomic E-state index is 12.1. The highest BCUT2D eigenvalue weighted by atomic mass is 16.2. The van der Waals surface area contributed by atoms with Crippen LogP contribution in [0.15, 0.2) is 18.2 Å². The number of hydrogen-bond acceptors (Lipinski definition) is 4. The fourth-order valence-corrected chi connectivity index (χ4v) is 2.48. The number of amides is 2. The van der Waals surface area contributed by atoms with Crippen LogP contribution in [0.3, 0.4) is 0 Å². The van der Waals surface area contributed by atoms with Crippen LogP contribution in [0.25, 0.3) is 0 Å². The third kappa shape index (κ3) is 2.54. The third-order valence-electron chi connectivity index (χ3n) is 3.68. The van der Waals surface area contributed by atoms with E-state index in [0.29, 0.717) is 6.54 Å². The van der Waals surface area contributed by atoms with Crippen molar-refractivity contribution in [3.8, 4) is 0 Å². The number of piperazine rings is 1. The lowest BCUT2D eigenvalue weighted by Gasteiger charge is -2.42. The Bertz CT molecular complexity index is 552. The van der Waals surface area contributed by atoms with Crippen molar-refractivity contribution in [2.75, 3.05) is 18.5 Å². The van der Waals surface area contributed by atoms with Crippen LogP contribution in [0.4, 0.5) is 5.69 Å². The minimum absolute atomic E-state index is 0.193. The number of nitrogens with one attached hydrogen (secondary N) is 2. The van der Waals surface area contributed by atoms with Crippen LogP contribution in [0.1, 0.15) is 25.0 Å². The van der Waals surface area contributed by atoms with Gasteiger partial charge in [0.15, 0.2) is 0 Å². The number of anilines is 1. The molecule has 0 radical (unpaired) electrons. The molecule has 20 heavy (non-hydrogen) atoms. The predicted molar refractivity (Wildman–Crippen MR) is 78.5 cm³/mol. The van der Waals surface area contributed by atoms with Crippen LogP contribution < -0.4 is 15.5 Å². The number of hydrogen-bond donors (Lipinski definition) is 2. The van der Waals surface area contributed by atoms with Gasteiger partial charge in [0.05, 0.1) is 6.54 Å². The molecule has 1 aromatic carbocycles. The molecule has 0 unspecified atom stereocenters. The minimum atomic E-state index is -0.744. The van der Waals surface area contributed by atoms with Gasteiger partial charge in [0.2, 0.25) is 5.91 Å². The average Bonchev–Trinajstić information content (AvgIpc) is 2.35. The summed E-state index contributed by atoms with van der Waals surface area (Å²) in [5.41, 5.74) is 2.43. The minimum Gasteiger partial charge on any atom is -0.348 e. The Hall–Kier alpha value is -1.88. The lowest BCUT2D eigenvalue weighted by atomic mass is 9.95. The number of rotatable bonds is 3. The first-order valence-corrected chi connectivity index (χ1v) is 6.72. The van der Waals surface area contributed by atoms with Crippen LogP contribution in [0, 0.1) is 6.92 Å². The summed E-state index contributed by atoms with van der Waals surface area (Å²) in [6.07, 6.45) is 0. The Morgan fingerprint density at radius 3 is 2.70 bits per heavy atom. The summed E-state index contributed by atoms with van der Waals surface area (Å²) in [6, 6.07) is 6.07. The van der Waals surface area contributed by atoms with Gasteiger partial charge in [-0.1, -0.05) is 17.7 Å². The highest BCUT2D eigenvalue weighted by Gasteiger charge is 2.41. The monoisotopic (exact) mass is 275 g/mol. The Kier molecular flexibility index (Phi) is 3.81. The molecule has 1 aliphatic rings. The van der Waals surface area contributed by atoms with Gasteiger partial charge in [0.25, 0.3) is 5.91 Å². The molecule has 2 amide bonds. The van der Waals surface area contributed by atoms with Crippen molar-refractivity contribution in [1.29, 1.82) is 0 Å². The summed E-state index contributed by atoms with van der Waals surface area (Å²) in [4.78, 5) is 25.6. The highest BCUT2D eigenvalue weighted by Crippen LogP contribution is 2.30. The van der Waals surface area contributed by atoms with Gasteiger partial charge < -0.3 is 10.2 Å². The van der Waals surface area contributed by atoms with Gasteiger partial charge in [-0.05, 0) is 39.4 Å². The quantitative estimate of drug-likeness (QED) is 0.807. The summed E-state index contributed by atoms with van der Waals surface area (Å²) in [7, 11) is 1.88. The zero-order valence-corrected chi connectivity index (χ0v) is 12.4. The number of aryl methyl sites for hydroxylation is 1. The van der Waals surface area contributed by atoms with Gasteiger partial charge in [-0.25, -0.2) is 0 Å². The number of imide groups is 1. The maximum Gasteiger partial charge on any atom is 0.251 e. The molecule has 5 heteroatoms. The Morgan fingerprint density at radius 2 is 2.05 bits per heavy atom. The van der Waals surface area contributed by atoms with Crippen molar-refractivity contribution < 1.29 is 9.59 Å². The smallest absolute Gasteiger partial charge is 0.251 e. The average molecular weight is 275 g/mol. The van der Waals surface area contributed by atoms with E-state index in [1.165, 1.54) is 0 Å². The summed E-state index contributed by atoms with van der Waals surface area (Å²) in [5, 5.41) is 5.53. The normalized spacial score (nSPS) is 18.1. The van der Waals surface area contributed by atoms with Crippen molar-refractivity contribution >= 4 is 17.5 Å². The molecule has 1 aromatic rings. The summed E-state index contributed by atoms with van der Waals surface area (Å²) < 4.78 is 0. The lowest BCUT2D eigenvalue weighted by molar-refractivity contribution is -0.135. The zero-order valence-electron chi connectivity index (χ0n) is 12.4. The lowest BCUT2D eigenvalue weighted by Crippen LogP contribution is -2.64. The van der Waals surface area contributed by atoms with Gasteiger partial charge in [-0.3, -0.25) is 14.9 Å². The molecule has 0 aromatic heterocycles. The fraction of sp³-hybridized carbons (Fsp3) is 0.467. The maximum atomic E-state index is 12.1. The van der Waals surface area contributed by atoms with Crippen LogP contribution in [0.2, 0.25) is 0 Å². The first-order chi connectivity index (χ1) is 9.36. The van der Waals surface area contributed by atoms with Crippen LogP contribution in [0.5, 0.6) is 0 Å². The second kappa shape index (κ2) is 5.25. The van der Waals surface area contributed by atoms with Crippen LogP contribution in [-0.2, 0) is 16.1 Å². The van der Waals surface area contributed by atoms with Crippen molar-refractivity contribution in [3.05, 3.63) is 29.3 Å². The van der Waals surface area contributed by atoms with Crippen molar-refractivity contribution in [3.63, 3.8) is 0 Å². The van der Waals surface area contributed by atoms with Gasteiger partial charge >= 0.3 is 0 Å². The fourth-order valence-electron chi connectivity index (χ4n) is 2.48. The molecule has 0 saturated carbocycles. The predicted octanol–water partition coefficient (Wildman–Crippen LogP) is 0.956. The largest absolute Gasteiger partial charge is 0.348 e. The second-order valence-electron chi connectivity index (χ2n) is 5.68. The number of nitrogens with zero attached hydrogens (tertiary/aromatic N) is 1. The van der Waals surface area contributed by atoms with Crippen LogP contribution >= 0.6 is 0 Å². The molecule has 2 rings (SSSR count). The SMILES string of the molecule is CNCc1cc(C)ccc1N1CC(=O)NC(=O)C1(C)C. The van der Waals surface area contributed by atoms with Gasteiger partial charge in [-0.15, -0.1) is 0 Å². The van der Waals surface area contributed by atoms with E-state index >= 15 is 0 Å². The number of carbonyl (C=O) groups excluding carboxylic acids is 2. The first-order valence-electron chi connectivity index (χ1n) is 6.72. The third-order valence-corrected chi connectivity index (χ3v) is 3.68. The molecule has 0 atom stereocenters. The first kappa shape index (κ1) is 14.5. The van der Waals surface area contributed by atoms with Gasteiger partial charge in [0, 0.05) is 12.2 Å².